The number of hydrogen-bond acceptors (Lipinski definition) is 7. The molecule has 30 heavy (non-hydrogen) atoms. The van der Waals surface area contributed by atoms with Gasteiger partial charge in [0.15, 0.2) is 5.76 Å². The summed E-state index contributed by atoms with van der Waals surface area (Å²) in [6.45, 7) is 3.55. The van der Waals surface area contributed by atoms with Gasteiger partial charge in [-0.05, 0) is 49.2 Å². The van der Waals surface area contributed by atoms with E-state index in [0.29, 0.717) is 34.1 Å². The van der Waals surface area contributed by atoms with E-state index < -0.39 is 0 Å². The first-order valence-corrected chi connectivity index (χ1v) is 9.77. The van der Waals surface area contributed by atoms with Crippen molar-refractivity contribution < 1.29 is 13.9 Å². The monoisotopic (exact) mass is 404 g/mol. The Morgan fingerprint density at radius 2 is 2.07 bits per heavy atom. The first-order chi connectivity index (χ1) is 14.5. The number of aryl methyl sites for hydroxylation is 1. The first kappa shape index (κ1) is 19.8. The third kappa shape index (κ3) is 3.70. The van der Waals surface area contributed by atoms with Crippen molar-refractivity contribution in [1.82, 2.24) is 4.98 Å². The fourth-order valence-corrected chi connectivity index (χ4v) is 3.84. The molecule has 3 heterocycles. The van der Waals surface area contributed by atoms with Crippen molar-refractivity contribution >= 4 is 11.5 Å². The van der Waals surface area contributed by atoms with E-state index in [4.69, 9.17) is 19.6 Å². The van der Waals surface area contributed by atoms with Gasteiger partial charge in [0.05, 0.1) is 18.8 Å². The predicted octanol–water partition coefficient (Wildman–Crippen LogP) is 4.00. The number of anilines is 2. The van der Waals surface area contributed by atoms with Crippen molar-refractivity contribution in [3.63, 3.8) is 0 Å². The molecular formula is C23H24N4O3. The zero-order chi connectivity index (χ0) is 21.3. The molecule has 0 spiro atoms. The highest BCUT2D eigenvalue weighted by Crippen LogP contribution is 2.37. The molecule has 1 fully saturated rings. The van der Waals surface area contributed by atoms with Gasteiger partial charge < -0.3 is 24.5 Å². The Morgan fingerprint density at radius 1 is 1.23 bits per heavy atom. The number of nitrogens with zero attached hydrogens (tertiary/aromatic N) is 3. The Morgan fingerprint density at radius 3 is 2.70 bits per heavy atom. The third-order valence-electron chi connectivity index (χ3n) is 5.41. The molecule has 1 aliphatic rings. The summed E-state index contributed by atoms with van der Waals surface area (Å²) in [6.07, 6.45) is 1.18. The van der Waals surface area contributed by atoms with Crippen molar-refractivity contribution in [3.05, 3.63) is 47.7 Å². The lowest BCUT2D eigenvalue weighted by atomic mass is 9.97. The van der Waals surface area contributed by atoms with Crippen LogP contribution >= 0.6 is 0 Å². The van der Waals surface area contributed by atoms with Crippen LogP contribution in [0, 0.1) is 18.3 Å². The summed E-state index contributed by atoms with van der Waals surface area (Å²) in [6, 6.07) is 13.6. The second-order valence-corrected chi connectivity index (χ2v) is 7.35. The average molecular weight is 404 g/mol. The van der Waals surface area contributed by atoms with Crippen molar-refractivity contribution in [2.75, 3.05) is 37.9 Å². The van der Waals surface area contributed by atoms with Crippen LogP contribution in [0.25, 0.3) is 22.6 Å². The molecule has 1 saturated heterocycles. The average Bonchev–Trinajstić information content (AvgIpc) is 3.41. The van der Waals surface area contributed by atoms with E-state index in [-0.39, 0.29) is 6.10 Å². The van der Waals surface area contributed by atoms with Crippen molar-refractivity contribution in [1.29, 1.82) is 5.26 Å². The number of furan rings is 1. The minimum Gasteiger partial charge on any atom is -0.497 e. The second-order valence-electron chi connectivity index (χ2n) is 7.35. The highest BCUT2D eigenvalue weighted by molar-refractivity contribution is 5.82. The standard InChI is InChI=1S/C23H24N4O3/c1-14-4-5-21(30-14)23-20(12-24)19(11-22(25)26-23)15-8-16(10-18(9-15)29-3)27-7-6-17(13-27)28-2/h4-5,8-11,17H,6-7,13H2,1-3H3,(H2,25,26)/t17-/m1/s1. The Hall–Kier alpha value is -3.50. The maximum absolute atomic E-state index is 9.96. The van der Waals surface area contributed by atoms with E-state index in [1.54, 1.807) is 26.4 Å². The number of pyridine rings is 1. The summed E-state index contributed by atoms with van der Waals surface area (Å²) in [5, 5.41) is 9.96. The van der Waals surface area contributed by atoms with E-state index in [1.165, 1.54) is 0 Å². The molecule has 0 unspecified atom stereocenters. The predicted molar refractivity (Wildman–Crippen MR) is 115 cm³/mol. The highest BCUT2D eigenvalue weighted by atomic mass is 16.5. The summed E-state index contributed by atoms with van der Waals surface area (Å²) >= 11 is 0. The van der Waals surface area contributed by atoms with Crippen LogP contribution in [0.5, 0.6) is 5.75 Å². The van der Waals surface area contributed by atoms with E-state index in [2.05, 4.69) is 16.0 Å². The maximum Gasteiger partial charge on any atom is 0.154 e. The second kappa shape index (κ2) is 8.09. The van der Waals surface area contributed by atoms with Crippen LogP contribution in [0.4, 0.5) is 11.5 Å². The molecule has 1 atom stereocenters. The van der Waals surface area contributed by atoms with Gasteiger partial charge in [0.2, 0.25) is 0 Å². The molecule has 1 aromatic carbocycles. The highest BCUT2D eigenvalue weighted by Gasteiger charge is 2.24. The SMILES string of the molecule is COc1cc(-c2cc(N)nc(-c3ccc(C)o3)c2C#N)cc(N2CC[C@@H](OC)C2)c1. The molecule has 3 aromatic rings. The molecule has 7 nitrogen and oxygen atoms in total. The third-order valence-corrected chi connectivity index (χ3v) is 5.41. The molecule has 0 saturated carbocycles. The number of ether oxygens (including phenoxy) is 2. The lowest BCUT2D eigenvalue weighted by molar-refractivity contribution is 0.121. The number of nitriles is 1. The molecule has 2 N–H and O–H groups in total. The van der Waals surface area contributed by atoms with Crippen LogP contribution in [0.1, 0.15) is 17.7 Å². The lowest BCUT2D eigenvalue weighted by Crippen LogP contribution is -2.22. The molecule has 1 aliphatic heterocycles. The lowest BCUT2D eigenvalue weighted by Gasteiger charge is -2.21. The van der Waals surface area contributed by atoms with Crippen LogP contribution in [-0.4, -0.2) is 38.4 Å². The number of methoxy groups -OCH3 is 2. The molecule has 0 aliphatic carbocycles. The van der Waals surface area contributed by atoms with Crippen LogP contribution in [0.15, 0.2) is 40.8 Å². The fraction of sp³-hybridized carbons (Fsp3) is 0.304. The van der Waals surface area contributed by atoms with Crippen LogP contribution in [0.3, 0.4) is 0 Å². The van der Waals surface area contributed by atoms with Gasteiger partial charge in [0.25, 0.3) is 0 Å². The van der Waals surface area contributed by atoms with Gasteiger partial charge in [-0.25, -0.2) is 4.98 Å². The zero-order valence-electron chi connectivity index (χ0n) is 17.3. The van der Waals surface area contributed by atoms with Gasteiger partial charge in [-0.3, -0.25) is 0 Å². The molecule has 154 valence electrons. The molecule has 0 bridgehead atoms. The molecular weight excluding hydrogens is 380 g/mol. The Kier molecular flexibility index (Phi) is 5.34. The number of nitrogens with two attached hydrogens (primary N) is 1. The summed E-state index contributed by atoms with van der Waals surface area (Å²) in [7, 11) is 3.37. The molecule has 0 amide bonds. The van der Waals surface area contributed by atoms with Crippen molar-refractivity contribution in [3.8, 4) is 34.4 Å². The number of rotatable bonds is 5. The number of nitrogen functional groups attached to an aromatic ring is 1. The Balaban J connectivity index is 1.85. The molecule has 4 rings (SSSR count). The van der Waals surface area contributed by atoms with Crippen molar-refractivity contribution in [2.45, 2.75) is 19.4 Å². The first-order valence-electron chi connectivity index (χ1n) is 9.77. The number of hydrogen-bond donors (Lipinski definition) is 1. The van der Waals surface area contributed by atoms with Gasteiger partial charge in [-0.15, -0.1) is 0 Å². The van der Waals surface area contributed by atoms with Gasteiger partial charge >= 0.3 is 0 Å². The van der Waals surface area contributed by atoms with Crippen molar-refractivity contribution in [2.24, 2.45) is 0 Å². The summed E-state index contributed by atoms with van der Waals surface area (Å²) in [4.78, 5) is 6.64. The smallest absolute Gasteiger partial charge is 0.154 e. The van der Waals surface area contributed by atoms with E-state index in [1.807, 2.05) is 31.2 Å². The van der Waals surface area contributed by atoms with Gasteiger partial charge in [0, 0.05) is 37.5 Å². The van der Waals surface area contributed by atoms with Crippen LogP contribution in [-0.2, 0) is 4.74 Å². The topological polar surface area (TPSA) is 97.5 Å². The van der Waals surface area contributed by atoms with E-state index in [9.17, 15) is 5.26 Å². The Bertz CT molecular complexity index is 1120. The van der Waals surface area contributed by atoms with Crippen LogP contribution in [0.2, 0.25) is 0 Å². The summed E-state index contributed by atoms with van der Waals surface area (Å²) in [5.74, 6) is 2.28. The zero-order valence-corrected chi connectivity index (χ0v) is 17.3. The largest absolute Gasteiger partial charge is 0.497 e. The minimum absolute atomic E-state index is 0.208. The number of benzene rings is 1. The van der Waals surface area contributed by atoms with Crippen LogP contribution < -0.4 is 15.4 Å². The Labute approximate surface area is 175 Å². The van der Waals surface area contributed by atoms with Gasteiger partial charge in [0.1, 0.15) is 29.1 Å². The van der Waals surface area contributed by atoms with Gasteiger partial charge in [-0.2, -0.15) is 5.26 Å². The molecule has 7 heteroatoms. The molecule has 0 radical (unpaired) electrons. The quantitative estimate of drug-likeness (QED) is 0.686. The van der Waals surface area contributed by atoms with E-state index in [0.717, 1.165) is 36.5 Å². The fourth-order valence-electron chi connectivity index (χ4n) is 3.84. The minimum atomic E-state index is 0.208. The summed E-state index contributed by atoms with van der Waals surface area (Å²) in [5.41, 5.74) is 9.50. The van der Waals surface area contributed by atoms with Gasteiger partial charge in [-0.1, -0.05) is 0 Å². The molecule has 2 aromatic heterocycles. The van der Waals surface area contributed by atoms with E-state index >= 15 is 0 Å². The maximum atomic E-state index is 9.96. The number of aromatic nitrogens is 1. The normalized spacial score (nSPS) is 15.9. The summed E-state index contributed by atoms with van der Waals surface area (Å²) < 4.78 is 16.8.